The molecular formula is C11H14OS. The van der Waals surface area contributed by atoms with Gasteiger partial charge in [0.25, 0.3) is 0 Å². The molecule has 0 spiro atoms. The van der Waals surface area contributed by atoms with Crippen molar-refractivity contribution in [1.29, 1.82) is 0 Å². The summed E-state index contributed by atoms with van der Waals surface area (Å²) in [5.74, 6) is 2.01. The Morgan fingerprint density at radius 2 is 2.23 bits per heavy atom. The first-order chi connectivity index (χ1) is 6.38. The van der Waals surface area contributed by atoms with E-state index in [2.05, 4.69) is 12.6 Å². The van der Waals surface area contributed by atoms with E-state index in [-0.39, 0.29) is 0 Å². The van der Waals surface area contributed by atoms with Crippen LogP contribution < -0.4 is 4.74 Å². The number of hydrogen-bond donors (Lipinski definition) is 0. The van der Waals surface area contributed by atoms with Gasteiger partial charge in [-0.1, -0.05) is 18.2 Å². The van der Waals surface area contributed by atoms with Crippen molar-refractivity contribution in [3.05, 3.63) is 36.9 Å². The number of thioether (sulfide) groups is 1. The standard InChI is InChI=1S/C11H14OS/c1-3-4-9-13-11-8-6-5-7-10(11)12-2/h3,5-8H,1,4,9H2,2H3. The molecule has 0 unspecified atom stereocenters. The van der Waals surface area contributed by atoms with Gasteiger partial charge >= 0.3 is 0 Å². The van der Waals surface area contributed by atoms with Crippen molar-refractivity contribution >= 4 is 11.8 Å². The van der Waals surface area contributed by atoms with Crippen molar-refractivity contribution in [3.8, 4) is 5.75 Å². The van der Waals surface area contributed by atoms with Gasteiger partial charge in [0.15, 0.2) is 0 Å². The van der Waals surface area contributed by atoms with Crippen LogP contribution in [0, 0.1) is 0 Å². The van der Waals surface area contributed by atoms with E-state index in [1.54, 1.807) is 18.9 Å². The van der Waals surface area contributed by atoms with Crippen LogP contribution in [-0.2, 0) is 0 Å². The number of ether oxygens (including phenoxy) is 1. The summed E-state index contributed by atoms with van der Waals surface area (Å²) in [6.07, 6.45) is 2.96. The molecule has 13 heavy (non-hydrogen) atoms. The van der Waals surface area contributed by atoms with Crippen LogP contribution in [0.1, 0.15) is 6.42 Å². The lowest BCUT2D eigenvalue weighted by Crippen LogP contribution is -1.85. The first-order valence-corrected chi connectivity index (χ1v) is 5.23. The molecule has 0 amide bonds. The number of hydrogen-bond acceptors (Lipinski definition) is 2. The van der Waals surface area contributed by atoms with Gasteiger partial charge in [0.1, 0.15) is 5.75 Å². The molecule has 0 saturated carbocycles. The Labute approximate surface area is 83.8 Å². The molecule has 70 valence electrons. The minimum absolute atomic E-state index is 0.955. The summed E-state index contributed by atoms with van der Waals surface area (Å²) in [7, 11) is 1.70. The van der Waals surface area contributed by atoms with E-state index >= 15 is 0 Å². The summed E-state index contributed by atoms with van der Waals surface area (Å²) >= 11 is 1.80. The zero-order valence-electron chi connectivity index (χ0n) is 7.82. The van der Waals surface area contributed by atoms with Crippen LogP contribution in [-0.4, -0.2) is 12.9 Å². The normalized spacial score (nSPS) is 9.62. The largest absolute Gasteiger partial charge is 0.496 e. The number of methoxy groups -OCH3 is 1. The maximum atomic E-state index is 5.23. The van der Waals surface area contributed by atoms with E-state index in [0.29, 0.717) is 0 Å². The minimum atomic E-state index is 0.955. The fraction of sp³-hybridized carbons (Fsp3) is 0.273. The van der Waals surface area contributed by atoms with Crippen molar-refractivity contribution in [1.82, 2.24) is 0 Å². The Balaban J connectivity index is 2.58. The second-order valence-electron chi connectivity index (χ2n) is 2.58. The topological polar surface area (TPSA) is 9.23 Å². The van der Waals surface area contributed by atoms with Crippen molar-refractivity contribution in [3.63, 3.8) is 0 Å². The highest BCUT2D eigenvalue weighted by Crippen LogP contribution is 2.28. The van der Waals surface area contributed by atoms with E-state index in [0.717, 1.165) is 17.9 Å². The van der Waals surface area contributed by atoms with Gasteiger partial charge < -0.3 is 4.74 Å². The quantitative estimate of drug-likeness (QED) is 0.404. The second-order valence-corrected chi connectivity index (χ2v) is 3.71. The van der Waals surface area contributed by atoms with Crippen LogP contribution in [0.3, 0.4) is 0 Å². The lowest BCUT2D eigenvalue weighted by molar-refractivity contribution is 0.405. The Bertz CT molecular complexity index is 271. The molecule has 0 aliphatic rings. The molecule has 0 N–H and O–H groups in total. The molecule has 1 aromatic carbocycles. The minimum Gasteiger partial charge on any atom is -0.496 e. The SMILES string of the molecule is C=CCCSc1ccccc1OC. The van der Waals surface area contributed by atoms with Gasteiger partial charge in [0, 0.05) is 10.6 Å². The molecule has 0 aromatic heterocycles. The van der Waals surface area contributed by atoms with E-state index < -0.39 is 0 Å². The van der Waals surface area contributed by atoms with Gasteiger partial charge in [-0.2, -0.15) is 0 Å². The Kier molecular flexibility index (Phi) is 4.47. The fourth-order valence-electron chi connectivity index (χ4n) is 0.990. The summed E-state index contributed by atoms with van der Waals surface area (Å²) in [4.78, 5) is 1.20. The van der Waals surface area contributed by atoms with Gasteiger partial charge in [0.2, 0.25) is 0 Å². The van der Waals surface area contributed by atoms with Gasteiger partial charge in [-0.05, 0) is 18.6 Å². The number of para-hydroxylation sites is 1. The van der Waals surface area contributed by atoms with Gasteiger partial charge in [0.05, 0.1) is 7.11 Å². The van der Waals surface area contributed by atoms with Crippen LogP contribution in [0.5, 0.6) is 5.75 Å². The zero-order chi connectivity index (χ0) is 9.52. The van der Waals surface area contributed by atoms with Crippen molar-refractivity contribution < 1.29 is 4.74 Å². The monoisotopic (exact) mass is 194 g/mol. The van der Waals surface area contributed by atoms with Gasteiger partial charge in [-0.25, -0.2) is 0 Å². The van der Waals surface area contributed by atoms with Crippen molar-refractivity contribution in [2.75, 3.05) is 12.9 Å². The maximum absolute atomic E-state index is 5.23. The first-order valence-electron chi connectivity index (χ1n) is 4.25. The molecule has 1 rings (SSSR count). The Morgan fingerprint density at radius 1 is 1.46 bits per heavy atom. The summed E-state index contributed by atoms with van der Waals surface area (Å²) < 4.78 is 5.23. The first kappa shape index (κ1) is 10.2. The highest BCUT2D eigenvalue weighted by Gasteiger charge is 1.99. The van der Waals surface area contributed by atoms with E-state index in [1.165, 1.54) is 4.90 Å². The van der Waals surface area contributed by atoms with Crippen LogP contribution in [0.2, 0.25) is 0 Å². The van der Waals surface area contributed by atoms with Crippen LogP contribution in [0.15, 0.2) is 41.8 Å². The molecule has 2 heteroatoms. The molecule has 0 saturated heterocycles. The summed E-state index contributed by atoms with van der Waals surface area (Å²) in [6.45, 7) is 3.69. The highest BCUT2D eigenvalue weighted by atomic mass is 32.2. The molecule has 1 aromatic rings. The molecule has 1 nitrogen and oxygen atoms in total. The predicted octanol–water partition coefficient (Wildman–Crippen LogP) is 3.36. The van der Waals surface area contributed by atoms with Crippen molar-refractivity contribution in [2.45, 2.75) is 11.3 Å². The molecule has 0 bridgehead atoms. The summed E-state index contributed by atoms with van der Waals surface area (Å²) in [6, 6.07) is 8.07. The van der Waals surface area contributed by atoms with Crippen LogP contribution in [0.4, 0.5) is 0 Å². The molecule has 0 radical (unpaired) electrons. The summed E-state index contributed by atoms with van der Waals surface area (Å²) in [5.41, 5.74) is 0. The average molecular weight is 194 g/mol. The van der Waals surface area contributed by atoms with Crippen LogP contribution >= 0.6 is 11.8 Å². The smallest absolute Gasteiger partial charge is 0.132 e. The average Bonchev–Trinajstić information content (AvgIpc) is 2.19. The number of rotatable bonds is 5. The molecule has 0 aliphatic carbocycles. The third-order valence-corrected chi connectivity index (χ3v) is 2.74. The van der Waals surface area contributed by atoms with Gasteiger partial charge in [-0.3, -0.25) is 0 Å². The molecule has 0 heterocycles. The molecule has 0 atom stereocenters. The van der Waals surface area contributed by atoms with Crippen molar-refractivity contribution in [2.24, 2.45) is 0 Å². The fourth-order valence-corrected chi connectivity index (χ4v) is 1.96. The number of benzene rings is 1. The maximum Gasteiger partial charge on any atom is 0.132 e. The third-order valence-electron chi connectivity index (χ3n) is 1.65. The molecular weight excluding hydrogens is 180 g/mol. The Morgan fingerprint density at radius 3 is 2.92 bits per heavy atom. The highest BCUT2D eigenvalue weighted by molar-refractivity contribution is 7.99. The van der Waals surface area contributed by atoms with Gasteiger partial charge in [-0.15, -0.1) is 18.3 Å². The summed E-state index contributed by atoms with van der Waals surface area (Å²) in [5, 5.41) is 0. The van der Waals surface area contributed by atoms with E-state index in [1.807, 2.05) is 24.3 Å². The lowest BCUT2D eigenvalue weighted by atomic mass is 10.3. The third kappa shape index (κ3) is 3.15. The molecule has 0 fully saturated rings. The molecule has 0 aliphatic heterocycles. The van der Waals surface area contributed by atoms with Crippen LogP contribution in [0.25, 0.3) is 0 Å². The number of allylic oxidation sites excluding steroid dienone is 1. The van der Waals surface area contributed by atoms with E-state index in [9.17, 15) is 0 Å². The predicted molar refractivity (Wildman–Crippen MR) is 58.5 cm³/mol. The lowest BCUT2D eigenvalue weighted by Gasteiger charge is -2.06. The second kappa shape index (κ2) is 5.70. The zero-order valence-corrected chi connectivity index (χ0v) is 8.64. The Hall–Kier alpha value is -0.890. The van der Waals surface area contributed by atoms with E-state index in [4.69, 9.17) is 4.74 Å².